The van der Waals surface area contributed by atoms with Gasteiger partial charge in [0.2, 0.25) is 0 Å². The molecule has 34 heavy (non-hydrogen) atoms. The molecule has 5 aromatic rings. The van der Waals surface area contributed by atoms with Crippen LogP contribution in [0.1, 0.15) is 35.8 Å². The van der Waals surface area contributed by atoms with Crippen LogP contribution in [-0.4, -0.2) is 32.3 Å². The molecule has 1 aliphatic heterocycles. The van der Waals surface area contributed by atoms with Crippen molar-refractivity contribution in [1.29, 1.82) is 0 Å². The molecule has 7 nitrogen and oxygen atoms in total. The Morgan fingerprint density at radius 1 is 1.09 bits per heavy atom. The number of carbonyl (C=O) groups excluding carboxylic acids is 1. The summed E-state index contributed by atoms with van der Waals surface area (Å²) in [6.07, 6.45) is 2.85. The topological polar surface area (TPSA) is 84.8 Å². The van der Waals surface area contributed by atoms with Gasteiger partial charge in [-0.25, -0.2) is 14.1 Å². The number of hydrogen-bond donors (Lipinski definition) is 2. The number of amides is 1. The van der Waals surface area contributed by atoms with Gasteiger partial charge in [-0.05, 0) is 67.8 Å². The minimum absolute atomic E-state index is 0.151. The van der Waals surface area contributed by atoms with E-state index in [2.05, 4.69) is 10.3 Å². The first-order valence-electron chi connectivity index (χ1n) is 11.3. The molecule has 6 rings (SSSR count). The number of nitrogens with one attached hydrogen (secondary N) is 2. The molecule has 1 unspecified atom stereocenters. The third-order valence-corrected chi connectivity index (χ3v) is 6.09. The van der Waals surface area contributed by atoms with E-state index >= 15 is 0 Å². The maximum Gasteiger partial charge on any atom is 0.255 e. The standard InChI is InChI=1S/C26H22FN5O2/c27-17-7-5-6-16(14-17)26(33)28-18-11-12-22-19(15-18)24(31-32(22)23-10-3-4-13-34-23)25-29-20-8-1-2-9-21(20)30-25/h1-2,5-9,11-12,14-15,23H,3-4,10,13H2,(H,28,33)(H,29,30). The van der Waals surface area contributed by atoms with Gasteiger partial charge < -0.3 is 15.0 Å². The van der Waals surface area contributed by atoms with Gasteiger partial charge in [0.1, 0.15) is 11.5 Å². The van der Waals surface area contributed by atoms with Crippen molar-refractivity contribution in [3.63, 3.8) is 0 Å². The maximum atomic E-state index is 13.6. The zero-order chi connectivity index (χ0) is 23.1. The molecule has 1 fully saturated rings. The molecule has 1 amide bonds. The number of aromatic amines is 1. The van der Waals surface area contributed by atoms with Crippen LogP contribution in [0.4, 0.5) is 10.1 Å². The Morgan fingerprint density at radius 3 is 2.82 bits per heavy atom. The summed E-state index contributed by atoms with van der Waals surface area (Å²) in [7, 11) is 0. The summed E-state index contributed by atoms with van der Waals surface area (Å²) >= 11 is 0. The van der Waals surface area contributed by atoms with E-state index in [1.54, 1.807) is 6.07 Å². The van der Waals surface area contributed by atoms with Gasteiger partial charge in [-0.1, -0.05) is 18.2 Å². The largest absolute Gasteiger partial charge is 0.356 e. The molecule has 2 aromatic heterocycles. The Labute approximate surface area is 194 Å². The zero-order valence-electron chi connectivity index (χ0n) is 18.3. The number of hydrogen-bond acceptors (Lipinski definition) is 4. The van der Waals surface area contributed by atoms with E-state index < -0.39 is 5.82 Å². The van der Waals surface area contributed by atoms with E-state index in [-0.39, 0.29) is 17.7 Å². The Balaban J connectivity index is 1.44. The number of benzene rings is 3. The first-order chi connectivity index (χ1) is 16.7. The normalized spacial score (nSPS) is 16.2. The molecular weight excluding hydrogens is 433 g/mol. The first kappa shape index (κ1) is 20.6. The lowest BCUT2D eigenvalue weighted by molar-refractivity contribution is -0.0365. The summed E-state index contributed by atoms with van der Waals surface area (Å²) in [5, 5.41) is 8.61. The van der Waals surface area contributed by atoms with Crippen molar-refractivity contribution in [3.8, 4) is 11.5 Å². The molecule has 0 bridgehead atoms. The molecule has 1 saturated heterocycles. The van der Waals surface area contributed by atoms with Crippen molar-refractivity contribution in [2.24, 2.45) is 0 Å². The van der Waals surface area contributed by atoms with Crippen LogP contribution in [0.5, 0.6) is 0 Å². The fraction of sp³-hybridized carbons (Fsp3) is 0.192. The van der Waals surface area contributed by atoms with Crippen LogP contribution in [0.25, 0.3) is 33.5 Å². The Hall–Kier alpha value is -4.04. The summed E-state index contributed by atoms with van der Waals surface area (Å²) < 4.78 is 21.5. The Kier molecular flexibility index (Phi) is 5.07. The van der Waals surface area contributed by atoms with Crippen LogP contribution in [0, 0.1) is 5.82 Å². The van der Waals surface area contributed by atoms with Gasteiger partial charge in [-0.2, -0.15) is 5.10 Å². The molecule has 8 heteroatoms. The molecular formula is C26H22FN5O2. The highest BCUT2D eigenvalue weighted by atomic mass is 19.1. The van der Waals surface area contributed by atoms with Crippen molar-refractivity contribution < 1.29 is 13.9 Å². The number of imidazole rings is 1. The highest BCUT2D eigenvalue weighted by Gasteiger charge is 2.23. The lowest BCUT2D eigenvalue weighted by atomic mass is 10.1. The fourth-order valence-corrected chi connectivity index (χ4v) is 4.43. The molecule has 2 N–H and O–H groups in total. The van der Waals surface area contributed by atoms with E-state index in [1.807, 2.05) is 47.1 Å². The average molecular weight is 455 g/mol. The summed E-state index contributed by atoms with van der Waals surface area (Å²) in [6.45, 7) is 0.702. The summed E-state index contributed by atoms with van der Waals surface area (Å²) in [5.41, 5.74) is 4.19. The molecule has 170 valence electrons. The number of fused-ring (bicyclic) bond motifs is 2. The lowest BCUT2D eigenvalue weighted by Crippen LogP contribution is -2.19. The highest BCUT2D eigenvalue weighted by Crippen LogP contribution is 2.34. The zero-order valence-corrected chi connectivity index (χ0v) is 18.3. The van der Waals surface area contributed by atoms with Crippen LogP contribution in [0.3, 0.4) is 0 Å². The van der Waals surface area contributed by atoms with Crippen LogP contribution in [0.2, 0.25) is 0 Å². The molecule has 1 atom stereocenters. The first-order valence-corrected chi connectivity index (χ1v) is 11.3. The van der Waals surface area contributed by atoms with Crippen molar-refractivity contribution in [3.05, 3.63) is 78.1 Å². The van der Waals surface area contributed by atoms with Crippen molar-refractivity contribution >= 4 is 33.5 Å². The van der Waals surface area contributed by atoms with E-state index in [0.29, 0.717) is 23.8 Å². The molecule has 0 aliphatic carbocycles. The van der Waals surface area contributed by atoms with E-state index in [4.69, 9.17) is 14.8 Å². The molecule has 1 aliphatic rings. The Bertz CT molecular complexity index is 1480. The molecule has 3 heterocycles. The fourth-order valence-electron chi connectivity index (χ4n) is 4.43. The van der Waals surface area contributed by atoms with Crippen molar-refractivity contribution in [2.45, 2.75) is 25.5 Å². The van der Waals surface area contributed by atoms with Gasteiger partial charge in [-0.15, -0.1) is 0 Å². The number of nitrogens with zero attached hydrogens (tertiary/aromatic N) is 3. The number of anilines is 1. The second-order valence-electron chi connectivity index (χ2n) is 8.41. The van der Waals surface area contributed by atoms with Gasteiger partial charge >= 0.3 is 0 Å². The number of halogens is 1. The lowest BCUT2D eigenvalue weighted by Gasteiger charge is -2.23. The predicted molar refractivity (Wildman–Crippen MR) is 128 cm³/mol. The minimum atomic E-state index is -0.455. The number of para-hydroxylation sites is 2. The number of carbonyl (C=O) groups is 1. The highest BCUT2D eigenvalue weighted by molar-refractivity contribution is 6.06. The van der Waals surface area contributed by atoms with Crippen LogP contribution in [-0.2, 0) is 4.74 Å². The van der Waals surface area contributed by atoms with Gasteiger partial charge in [0.15, 0.2) is 12.1 Å². The van der Waals surface area contributed by atoms with Crippen LogP contribution < -0.4 is 5.32 Å². The smallest absolute Gasteiger partial charge is 0.255 e. The van der Waals surface area contributed by atoms with Crippen LogP contribution in [0.15, 0.2) is 66.7 Å². The second kappa shape index (κ2) is 8.39. The molecule has 3 aromatic carbocycles. The monoisotopic (exact) mass is 455 g/mol. The van der Waals surface area contributed by atoms with Gasteiger partial charge in [-0.3, -0.25) is 4.79 Å². The third kappa shape index (κ3) is 3.72. The summed E-state index contributed by atoms with van der Waals surface area (Å²) in [4.78, 5) is 20.8. The SMILES string of the molecule is O=C(Nc1ccc2c(c1)c(-c1nc3ccccc3[nH]1)nn2C1CCCCO1)c1cccc(F)c1. The summed E-state index contributed by atoms with van der Waals surface area (Å²) in [5.74, 6) is -0.189. The second-order valence-corrected chi connectivity index (χ2v) is 8.41. The molecule has 0 spiro atoms. The van der Waals surface area contributed by atoms with Gasteiger partial charge in [0.05, 0.1) is 16.6 Å². The number of H-pyrrole nitrogens is 1. The number of aromatic nitrogens is 4. The maximum absolute atomic E-state index is 13.6. The predicted octanol–water partition coefficient (Wildman–Crippen LogP) is 5.67. The number of rotatable bonds is 4. The van der Waals surface area contributed by atoms with E-state index in [1.165, 1.54) is 18.2 Å². The third-order valence-electron chi connectivity index (χ3n) is 6.09. The van der Waals surface area contributed by atoms with Crippen molar-refractivity contribution in [2.75, 3.05) is 11.9 Å². The summed E-state index contributed by atoms with van der Waals surface area (Å²) in [6, 6.07) is 19.1. The van der Waals surface area contributed by atoms with Crippen molar-refractivity contribution in [1.82, 2.24) is 19.7 Å². The van der Waals surface area contributed by atoms with E-state index in [9.17, 15) is 9.18 Å². The Morgan fingerprint density at radius 2 is 2.00 bits per heavy atom. The average Bonchev–Trinajstić information content (AvgIpc) is 3.46. The van der Waals surface area contributed by atoms with Gasteiger partial charge in [0, 0.05) is 23.2 Å². The molecule has 0 saturated carbocycles. The van der Waals surface area contributed by atoms with E-state index in [0.717, 1.165) is 41.2 Å². The molecule has 0 radical (unpaired) electrons. The minimum Gasteiger partial charge on any atom is -0.356 e. The quantitative estimate of drug-likeness (QED) is 0.366. The van der Waals surface area contributed by atoms with Crippen LogP contribution >= 0.6 is 0 Å². The van der Waals surface area contributed by atoms with Gasteiger partial charge in [0.25, 0.3) is 5.91 Å². The number of ether oxygens (including phenoxy) is 1.